The largest absolute Gasteiger partial charge is 0.379 e. The summed E-state index contributed by atoms with van der Waals surface area (Å²) in [6.45, 7) is 7.50. The summed E-state index contributed by atoms with van der Waals surface area (Å²) in [7, 11) is -3.57. The van der Waals surface area contributed by atoms with Gasteiger partial charge in [-0.1, -0.05) is 37.7 Å². The second kappa shape index (κ2) is 10.6. The first-order valence-electron chi connectivity index (χ1n) is 11.3. The van der Waals surface area contributed by atoms with E-state index in [9.17, 15) is 8.42 Å². The Kier molecular flexibility index (Phi) is 7.88. The van der Waals surface area contributed by atoms with Crippen molar-refractivity contribution in [2.45, 2.75) is 55.8 Å². The number of aromatic nitrogens is 3. The predicted octanol–water partition coefficient (Wildman–Crippen LogP) is 3.28. The standard InChI is InChI=1S/C22H32N4O4S2/c1-17(2)15-26-21(23-24-22(26)31-16-19-7-3-4-11-30-19)18-6-5-8-20(14-18)32(27,28)25-9-12-29-13-10-25/h5-6,8,14,17,19H,3-4,7,9-13,15-16H2,1-2H3. The number of hydrogen-bond donors (Lipinski definition) is 0. The molecule has 1 aromatic heterocycles. The van der Waals surface area contributed by atoms with E-state index >= 15 is 0 Å². The number of sulfonamides is 1. The summed E-state index contributed by atoms with van der Waals surface area (Å²) < 4.78 is 41.0. The van der Waals surface area contributed by atoms with Gasteiger partial charge >= 0.3 is 0 Å². The van der Waals surface area contributed by atoms with Crippen LogP contribution in [0, 0.1) is 5.92 Å². The maximum absolute atomic E-state index is 13.1. The molecule has 0 amide bonds. The van der Waals surface area contributed by atoms with Crippen LogP contribution in [0.4, 0.5) is 0 Å². The van der Waals surface area contributed by atoms with Crippen molar-refractivity contribution in [3.63, 3.8) is 0 Å². The van der Waals surface area contributed by atoms with Crippen LogP contribution in [0.5, 0.6) is 0 Å². The molecule has 176 valence electrons. The molecule has 2 fully saturated rings. The summed E-state index contributed by atoms with van der Waals surface area (Å²) in [4.78, 5) is 0.279. The van der Waals surface area contributed by atoms with Gasteiger partial charge in [0.15, 0.2) is 11.0 Å². The van der Waals surface area contributed by atoms with Crippen LogP contribution in [0.15, 0.2) is 34.3 Å². The van der Waals surface area contributed by atoms with E-state index in [1.54, 1.807) is 30.0 Å². The Morgan fingerprint density at radius 2 is 1.97 bits per heavy atom. The molecular weight excluding hydrogens is 448 g/mol. The Bertz CT molecular complexity index is 997. The van der Waals surface area contributed by atoms with Crippen LogP contribution in [-0.2, 0) is 26.0 Å². The molecule has 1 atom stereocenters. The lowest BCUT2D eigenvalue weighted by Gasteiger charge is -2.26. The van der Waals surface area contributed by atoms with Crippen LogP contribution in [0.25, 0.3) is 11.4 Å². The highest BCUT2D eigenvalue weighted by Gasteiger charge is 2.27. The molecule has 32 heavy (non-hydrogen) atoms. The molecule has 4 rings (SSSR count). The fraction of sp³-hybridized carbons (Fsp3) is 0.636. The van der Waals surface area contributed by atoms with Gasteiger partial charge in [-0.15, -0.1) is 10.2 Å². The molecule has 1 unspecified atom stereocenters. The second-order valence-corrected chi connectivity index (χ2v) is 11.6. The van der Waals surface area contributed by atoms with Crippen molar-refractivity contribution in [3.05, 3.63) is 24.3 Å². The molecule has 0 N–H and O–H groups in total. The zero-order valence-electron chi connectivity index (χ0n) is 18.8. The number of hydrogen-bond acceptors (Lipinski definition) is 7. The third-order valence-electron chi connectivity index (χ3n) is 5.64. The second-order valence-electron chi connectivity index (χ2n) is 8.65. The van der Waals surface area contributed by atoms with E-state index in [0.717, 1.165) is 42.5 Å². The van der Waals surface area contributed by atoms with E-state index in [-0.39, 0.29) is 11.0 Å². The first-order chi connectivity index (χ1) is 15.4. The van der Waals surface area contributed by atoms with Crippen molar-refractivity contribution in [2.24, 2.45) is 5.92 Å². The molecule has 1 aromatic carbocycles. The number of nitrogens with zero attached hydrogens (tertiary/aromatic N) is 4. The molecule has 0 radical (unpaired) electrons. The lowest BCUT2D eigenvalue weighted by Crippen LogP contribution is -2.40. The van der Waals surface area contributed by atoms with Gasteiger partial charge in [-0.25, -0.2) is 8.42 Å². The summed E-state index contributed by atoms with van der Waals surface area (Å²) >= 11 is 1.67. The van der Waals surface area contributed by atoms with Crippen LogP contribution in [0.1, 0.15) is 33.1 Å². The van der Waals surface area contributed by atoms with E-state index in [4.69, 9.17) is 9.47 Å². The van der Waals surface area contributed by atoms with Crippen LogP contribution in [0.2, 0.25) is 0 Å². The smallest absolute Gasteiger partial charge is 0.243 e. The minimum Gasteiger partial charge on any atom is -0.379 e. The van der Waals surface area contributed by atoms with Gasteiger partial charge in [0.1, 0.15) is 0 Å². The molecule has 0 bridgehead atoms. The van der Waals surface area contributed by atoms with Crippen LogP contribution < -0.4 is 0 Å². The lowest BCUT2D eigenvalue weighted by molar-refractivity contribution is 0.0315. The van der Waals surface area contributed by atoms with E-state index in [0.29, 0.717) is 38.0 Å². The molecule has 2 aromatic rings. The van der Waals surface area contributed by atoms with Gasteiger partial charge < -0.3 is 14.0 Å². The number of ether oxygens (including phenoxy) is 2. The highest BCUT2D eigenvalue weighted by Crippen LogP contribution is 2.29. The van der Waals surface area contributed by atoms with Gasteiger partial charge in [-0.05, 0) is 37.3 Å². The zero-order valence-corrected chi connectivity index (χ0v) is 20.4. The summed E-state index contributed by atoms with van der Waals surface area (Å²) in [6, 6.07) is 7.04. The molecular formula is C22H32N4O4S2. The van der Waals surface area contributed by atoms with Crippen molar-refractivity contribution < 1.29 is 17.9 Å². The average molecular weight is 481 g/mol. The van der Waals surface area contributed by atoms with Crippen molar-refractivity contribution in [1.29, 1.82) is 0 Å². The van der Waals surface area contributed by atoms with Gasteiger partial charge in [-0.3, -0.25) is 0 Å². The van der Waals surface area contributed by atoms with Crippen molar-refractivity contribution >= 4 is 21.8 Å². The third-order valence-corrected chi connectivity index (χ3v) is 8.63. The maximum atomic E-state index is 13.1. The quantitative estimate of drug-likeness (QED) is 0.536. The van der Waals surface area contributed by atoms with Crippen molar-refractivity contribution in [1.82, 2.24) is 19.1 Å². The zero-order chi connectivity index (χ0) is 22.6. The summed E-state index contributed by atoms with van der Waals surface area (Å²) in [5.74, 6) is 1.95. The Morgan fingerprint density at radius 3 is 2.69 bits per heavy atom. The summed E-state index contributed by atoms with van der Waals surface area (Å²) in [6.07, 6.45) is 3.68. The SMILES string of the molecule is CC(C)Cn1c(SCC2CCCCO2)nnc1-c1cccc(S(=O)(=O)N2CCOCC2)c1. The Labute approximate surface area is 194 Å². The van der Waals surface area contributed by atoms with Gasteiger partial charge in [0.2, 0.25) is 10.0 Å². The predicted molar refractivity (Wildman–Crippen MR) is 124 cm³/mol. The van der Waals surface area contributed by atoms with Gasteiger partial charge in [0.05, 0.1) is 24.2 Å². The fourth-order valence-corrected chi connectivity index (χ4v) is 6.44. The summed E-state index contributed by atoms with van der Waals surface area (Å²) in [5, 5.41) is 9.77. The molecule has 0 saturated carbocycles. The summed E-state index contributed by atoms with van der Waals surface area (Å²) in [5.41, 5.74) is 0.758. The van der Waals surface area contributed by atoms with E-state index in [2.05, 4.69) is 28.6 Å². The first-order valence-corrected chi connectivity index (χ1v) is 13.7. The van der Waals surface area contributed by atoms with Crippen LogP contribution in [0.3, 0.4) is 0 Å². The Hall–Kier alpha value is -1.46. The lowest BCUT2D eigenvalue weighted by atomic mass is 10.1. The molecule has 3 heterocycles. The van der Waals surface area contributed by atoms with E-state index < -0.39 is 10.0 Å². The topological polar surface area (TPSA) is 86.5 Å². The fourth-order valence-electron chi connectivity index (χ4n) is 3.98. The minimum atomic E-state index is -3.57. The third kappa shape index (κ3) is 5.53. The van der Waals surface area contributed by atoms with Gasteiger partial charge in [0.25, 0.3) is 0 Å². The molecule has 2 aliphatic rings. The highest BCUT2D eigenvalue weighted by atomic mass is 32.2. The highest BCUT2D eigenvalue weighted by molar-refractivity contribution is 7.99. The normalized spacial score (nSPS) is 20.7. The van der Waals surface area contributed by atoms with Crippen LogP contribution >= 0.6 is 11.8 Å². The Balaban J connectivity index is 1.59. The van der Waals surface area contributed by atoms with Crippen molar-refractivity contribution in [3.8, 4) is 11.4 Å². The monoisotopic (exact) mass is 480 g/mol. The average Bonchev–Trinajstić information content (AvgIpc) is 3.20. The molecule has 2 saturated heterocycles. The van der Waals surface area contributed by atoms with E-state index in [1.807, 2.05) is 6.07 Å². The maximum Gasteiger partial charge on any atom is 0.243 e. The van der Waals surface area contributed by atoms with E-state index in [1.165, 1.54) is 10.7 Å². The molecule has 2 aliphatic heterocycles. The van der Waals surface area contributed by atoms with Crippen LogP contribution in [-0.4, -0.2) is 72.3 Å². The molecule has 10 heteroatoms. The molecule has 8 nitrogen and oxygen atoms in total. The number of morpholine rings is 1. The number of thioether (sulfide) groups is 1. The first kappa shape index (κ1) is 23.7. The molecule has 0 spiro atoms. The molecule has 0 aliphatic carbocycles. The van der Waals surface area contributed by atoms with Gasteiger partial charge in [0, 0.05) is 37.6 Å². The Morgan fingerprint density at radius 1 is 1.16 bits per heavy atom. The number of rotatable bonds is 8. The van der Waals surface area contributed by atoms with Crippen molar-refractivity contribution in [2.75, 3.05) is 38.7 Å². The number of benzene rings is 1. The van der Waals surface area contributed by atoms with Gasteiger partial charge in [-0.2, -0.15) is 4.31 Å². The minimum absolute atomic E-state index is 0.253.